The molecule has 11 heteroatoms. The van der Waals surface area contributed by atoms with Crippen molar-refractivity contribution in [3.05, 3.63) is 38.6 Å². The van der Waals surface area contributed by atoms with Gasteiger partial charge in [0.1, 0.15) is 11.4 Å². The van der Waals surface area contributed by atoms with E-state index in [1.165, 1.54) is 28.2 Å². The van der Waals surface area contributed by atoms with E-state index in [1.54, 1.807) is 7.05 Å². The predicted octanol–water partition coefficient (Wildman–Crippen LogP) is 2.91. The summed E-state index contributed by atoms with van der Waals surface area (Å²) in [6.45, 7) is 5.61. The number of hydrogen-bond donors (Lipinski definition) is 2. The molecule has 0 saturated carbocycles. The van der Waals surface area contributed by atoms with Crippen LogP contribution in [0.1, 0.15) is 52.5 Å². The molecule has 0 aromatic carbocycles. The lowest BCUT2D eigenvalue weighted by Crippen LogP contribution is -2.28. The number of aromatic nitrogens is 2. The quantitative estimate of drug-likeness (QED) is 0.308. The van der Waals surface area contributed by atoms with Gasteiger partial charge in [-0.25, -0.2) is 4.98 Å². The molecule has 31 heavy (non-hydrogen) atoms. The van der Waals surface area contributed by atoms with Crippen LogP contribution in [-0.4, -0.2) is 58.4 Å². The minimum Gasteiger partial charge on any atom is -0.351 e. The lowest BCUT2D eigenvalue weighted by Gasteiger charge is -2.10. The fourth-order valence-electron chi connectivity index (χ4n) is 2.89. The lowest BCUT2D eigenvalue weighted by molar-refractivity contribution is -0.384. The van der Waals surface area contributed by atoms with Gasteiger partial charge < -0.3 is 14.8 Å². The molecule has 170 valence electrons. The fraction of sp³-hybridized carbons (Fsp3) is 0.550. The van der Waals surface area contributed by atoms with Crippen LogP contribution in [0, 0.1) is 16.0 Å². The molecule has 0 aliphatic carbocycles. The van der Waals surface area contributed by atoms with Crippen LogP contribution in [0.3, 0.4) is 0 Å². The Balaban J connectivity index is 2.16. The van der Waals surface area contributed by atoms with Gasteiger partial charge in [0, 0.05) is 24.5 Å². The topological polar surface area (TPSA) is 122 Å². The first-order valence-corrected chi connectivity index (χ1v) is 10.9. The normalized spacial score (nSPS) is 11.2. The van der Waals surface area contributed by atoms with Crippen molar-refractivity contribution in [2.75, 3.05) is 32.5 Å². The molecule has 0 bridgehead atoms. The first kappa shape index (κ1) is 24.5. The van der Waals surface area contributed by atoms with Gasteiger partial charge in [0.25, 0.3) is 17.5 Å². The largest absolute Gasteiger partial charge is 0.351 e. The van der Waals surface area contributed by atoms with Gasteiger partial charge in [-0.05, 0) is 45.8 Å². The van der Waals surface area contributed by atoms with E-state index in [4.69, 9.17) is 0 Å². The average Bonchev–Trinajstić information content (AvgIpc) is 3.26. The van der Waals surface area contributed by atoms with Gasteiger partial charge in [-0.1, -0.05) is 13.8 Å². The molecule has 0 spiro atoms. The van der Waals surface area contributed by atoms with E-state index >= 15 is 0 Å². The molecule has 2 aromatic rings. The van der Waals surface area contributed by atoms with Crippen molar-refractivity contribution in [1.29, 1.82) is 0 Å². The van der Waals surface area contributed by atoms with E-state index in [0.29, 0.717) is 29.7 Å². The highest BCUT2D eigenvalue weighted by molar-refractivity contribution is 7.16. The summed E-state index contributed by atoms with van der Waals surface area (Å²) in [5.41, 5.74) is 0.297. The molecule has 2 N–H and O–H groups in total. The maximum atomic E-state index is 12.7. The van der Waals surface area contributed by atoms with E-state index in [1.807, 2.05) is 19.0 Å². The maximum absolute atomic E-state index is 12.7. The molecule has 2 amide bonds. The molecule has 0 saturated heterocycles. The molecular weight excluding hydrogens is 420 g/mol. The molecule has 2 aromatic heterocycles. The van der Waals surface area contributed by atoms with Crippen LogP contribution in [0.4, 0.5) is 10.8 Å². The highest BCUT2D eigenvalue weighted by Crippen LogP contribution is 2.26. The van der Waals surface area contributed by atoms with E-state index in [0.717, 1.165) is 24.3 Å². The number of amides is 2. The van der Waals surface area contributed by atoms with Gasteiger partial charge in [0.05, 0.1) is 11.1 Å². The summed E-state index contributed by atoms with van der Waals surface area (Å²) in [6, 6.07) is 1.21. The van der Waals surface area contributed by atoms with Crippen molar-refractivity contribution in [3.8, 4) is 0 Å². The van der Waals surface area contributed by atoms with Crippen LogP contribution in [0.15, 0.2) is 12.3 Å². The van der Waals surface area contributed by atoms with Crippen LogP contribution in [0.25, 0.3) is 0 Å². The summed E-state index contributed by atoms with van der Waals surface area (Å²) in [4.78, 5) is 42.9. The molecule has 0 fully saturated rings. The minimum absolute atomic E-state index is 0.139. The Kier molecular flexibility index (Phi) is 8.69. The zero-order valence-corrected chi connectivity index (χ0v) is 19.4. The van der Waals surface area contributed by atoms with E-state index in [2.05, 4.69) is 29.5 Å². The van der Waals surface area contributed by atoms with Crippen molar-refractivity contribution in [2.24, 2.45) is 13.0 Å². The molecule has 0 radical (unpaired) electrons. The first-order chi connectivity index (χ1) is 14.6. The SMILES string of the molecule is CC(C)CCc1sc(NC(=O)c2cc([N+](=O)[O-])cn2C)nc1C(=O)NCCCN(C)C. The molecule has 0 aliphatic rings. The number of thiazole rings is 1. The predicted molar refractivity (Wildman–Crippen MR) is 121 cm³/mol. The van der Waals surface area contributed by atoms with Crippen molar-refractivity contribution in [3.63, 3.8) is 0 Å². The van der Waals surface area contributed by atoms with Gasteiger partial charge in [-0.2, -0.15) is 0 Å². The number of anilines is 1. The van der Waals surface area contributed by atoms with E-state index < -0.39 is 10.8 Å². The first-order valence-electron chi connectivity index (χ1n) is 10.1. The summed E-state index contributed by atoms with van der Waals surface area (Å²) >= 11 is 1.26. The number of hydrogen-bond acceptors (Lipinski definition) is 7. The second-order valence-electron chi connectivity index (χ2n) is 8.04. The van der Waals surface area contributed by atoms with Crippen LogP contribution in [0.5, 0.6) is 0 Å². The molecule has 2 heterocycles. The van der Waals surface area contributed by atoms with Gasteiger partial charge >= 0.3 is 0 Å². The molecular formula is C20H30N6O4S. The van der Waals surface area contributed by atoms with Crippen LogP contribution >= 0.6 is 11.3 Å². The third-order valence-electron chi connectivity index (χ3n) is 4.58. The number of carbonyl (C=O) groups excluding carboxylic acids is 2. The van der Waals surface area contributed by atoms with Crippen LogP contribution in [0.2, 0.25) is 0 Å². The minimum atomic E-state index is -0.553. The second kappa shape index (κ2) is 11.0. The standard InChI is InChI=1S/C20H30N6O4S/c1-13(2)7-8-16-17(19(28)21-9-6-10-24(3)4)22-20(31-16)23-18(27)15-11-14(26(29)30)12-25(15)5/h11-13H,6-10H2,1-5H3,(H,21,28)(H,22,23,27). The number of carbonyl (C=O) groups is 2. The number of rotatable bonds is 11. The smallest absolute Gasteiger partial charge is 0.287 e. The Morgan fingerprint density at radius 1 is 1.32 bits per heavy atom. The van der Waals surface area contributed by atoms with E-state index in [-0.39, 0.29) is 17.3 Å². The number of nitro groups is 1. The van der Waals surface area contributed by atoms with Crippen LogP contribution in [-0.2, 0) is 13.5 Å². The van der Waals surface area contributed by atoms with Crippen molar-refractivity contribution in [1.82, 2.24) is 19.8 Å². The average molecular weight is 451 g/mol. The summed E-state index contributed by atoms with van der Waals surface area (Å²) in [6.07, 6.45) is 3.67. The second-order valence-corrected chi connectivity index (χ2v) is 9.13. The van der Waals surface area contributed by atoms with Gasteiger partial charge in [0.2, 0.25) is 0 Å². The van der Waals surface area contributed by atoms with E-state index in [9.17, 15) is 19.7 Å². The number of aryl methyl sites for hydroxylation is 2. The number of nitrogens with one attached hydrogen (secondary N) is 2. The third-order valence-corrected chi connectivity index (χ3v) is 5.61. The van der Waals surface area contributed by atoms with Crippen molar-refractivity contribution in [2.45, 2.75) is 33.1 Å². The van der Waals surface area contributed by atoms with Gasteiger partial charge in [0.15, 0.2) is 5.13 Å². The summed E-state index contributed by atoms with van der Waals surface area (Å²) in [7, 11) is 5.51. The fourth-order valence-corrected chi connectivity index (χ4v) is 3.86. The van der Waals surface area contributed by atoms with Gasteiger partial charge in [-0.3, -0.25) is 25.0 Å². The zero-order valence-electron chi connectivity index (χ0n) is 18.6. The molecule has 2 rings (SSSR count). The Morgan fingerprint density at radius 2 is 2.03 bits per heavy atom. The highest BCUT2D eigenvalue weighted by atomic mass is 32.1. The lowest BCUT2D eigenvalue weighted by atomic mass is 10.1. The van der Waals surface area contributed by atoms with Crippen LogP contribution < -0.4 is 10.6 Å². The van der Waals surface area contributed by atoms with Crippen molar-refractivity contribution < 1.29 is 14.5 Å². The Morgan fingerprint density at radius 3 is 2.61 bits per heavy atom. The zero-order chi connectivity index (χ0) is 23.1. The highest BCUT2D eigenvalue weighted by Gasteiger charge is 2.22. The molecule has 0 atom stereocenters. The molecule has 0 aliphatic heterocycles. The third kappa shape index (κ3) is 7.14. The summed E-state index contributed by atoms with van der Waals surface area (Å²) in [5.74, 6) is -0.318. The number of nitrogens with zero attached hydrogens (tertiary/aromatic N) is 4. The summed E-state index contributed by atoms with van der Waals surface area (Å²) < 4.78 is 1.39. The monoisotopic (exact) mass is 450 g/mol. The Bertz CT molecular complexity index is 934. The Hall–Kier alpha value is -2.79. The maximum Gasteiger partial charge on any atom is 0.287 e. The molecule has 0 unspecified atom stereocenters. The molecule has 10 nitrogen and oxygen atoms in total. The Labute approximate surface area is 185 Å². The van der Waals surface area contributed by atoms with Gasteiger partial charge in [-0.15, -0.1) is 11.3 Å². The summed E-state index contributed by atoms with van der Waals surface area (Å²) in [5, 5.41) is 16.8. The van der Waals surface area contributed by atoms with Crippen molar-refractivity contribution >= 4 is 34.0 Å².